The molecule has 4 N–H and O–H groups in total. The van der Waals surface area contributed by atoms with E-state index in [-0.39, 0.29) is 43.6 Å². The molecule has 26 heavy (non-hydrogen) atoms. The maximum Gasteiger partial charge on any atom is 0.408 e. The Morgan fingerprint density at radius 3 is 2.54 bits per heavy atom. The SMILES string of the molecule is Cl.NCCNC(=O)C1CCCN(C(=O)C2CCC(C(F)(F)F)NC2=O)C1. The molecule has 150 valence electrons. The van der Waals surface area contributed by atoms with Crippen LogP contribution in [0, 0.1) is 11.8 Å². The maximum absolute atomic E-state index is 12.7. The number of piperidine rings is 2. The Hall–Kier alpha value is -1.55. The van der Waals surface area contributed by atoms with Crippen molar-refractivity contribution in [3.8, 4) is 0 Å². The number of alkyl halides is 3. The minimum Gasteiger partial charge on any atom is -0.355 e. The Balaban J connectivity index is 0.00000338. The molecule has 2 aliphatic heterocycles. The van der Waals surface area contributed by atoms with E-state index in [2.05, 4.69) is 5.32 Å². The molecular weight excluding hydrogens is 377 g/mol. The third-order valence-electron chi connectivity index (χ3n) is 4.62. The number of nitrogens with one attached hydrogen (secondary N) is 2. The third kappa shape index (κ3) is 5.47. The van der Waals surface area contributed by atoms with Gasteiger partial charge in [0, 0.05) is 26.2 Å². The highest BCUT2D eigenvalue weighted by molar-refractivity contribution is 6.01. The van der Waals surface area contributed by atoms with Crippen molar-refractivity contribution in [1.29, 1.82) is 0 Å². The molecule has 2 saturated heterocycles. The first-order chi connectivity index (χ1) is 11.7. The van der Waals surface area contributed by atoms with Crippen LogP contribution < -0.4 is 16.4 Å². The number of halogens is 4. The van der Waals surface area contributed by atoms with E-state index in [4.69, 9.17) is 5.73 Å². The first-order valence-corrected chi connectivity index (χ1v) is 8.37. The summed E-state index contributed by atoms with van der Waals surface area (Å²) in [6, 6.07) is -1.90. The molecule has 2 heterocycles. The van der Waals surface area contributed by atoms with E-state index in [1.807, 2.05) is 5.32 Å². The largest absolute Gasteiger partial charge is 0.408 e. The molecule has 0 spiro atoms. The van der Waals surface area contributed by atoms with E-state index in [0.29, 0.717) is 32.5 Å². The minimum atomic E-state index is -4.51. The van der Waals surface area contributed by atoms with Crippen LogP contribution in [0.1, 0.15) is 25.7 Å². The number of nitrogens with two attached hydrogens (primary N) is 1. The summed E-state index contributed by atoms with van der Waals surface area (Å²) in [5.74, 6) is -3.11. The van der Waals surface area contributed by atoms with Crippen LogP contribution in [-0.2, 0) is 14.4 Å². The van der Waals surface area contributed by atoms with Gasteiger partial charge in [-0.05, 0) is 25.7 Å². The molecule has 11 heteroatoms. The minimum absolute atomic E-state index is 0. The zero-order valence-electron chi connectivity index (χ0n) is 14.2. The van der Waals surface area contributed by atoms with Gasteiger partial charge < -0.3 is 21.3 Å². The first kappa shape index (κ1) is 22.5. The summed E-state index contributed by atoms with van der Waals surface area (Å²) in [6.07, 6.45) is -3.75. The van der Waals surface area contributed by atoms with Crippen LogP contribution in [0.15, 0.2) is 0 Å². The van der Waals surface area contributed by atoms with Gasteiger partial charge in [-0.2, -0.15) is 13.2 Å². The number of rotatable bonds is 4. The van der Waals surface area contributed by atoms with E-state index >= 15 is 0 Å². The second-order valence-corrected chi connectivity index (χ2v) is 6.44. The number of hydrogen-bond donors (Lipinski definition) is 3. The Morgan fingerprint density at radius 2 is 1.96 bits per heavy atom. The average molecular weight is 401 g/mol. The van der Waals surface area contributed by atoms with Gasteiger partial charge in [0.2, 0.25) is 17.7 Å². The van der Waals surface area contributed by atoms with Crippen LogP contribution in [-0.4, -0.2) is 61.0 Å². The lowest BCUT2D eigenvalue weighted by Gasteiger charge is -2.36. The smallest absolute Gasteiger partial charge is 0.355 e. The molecule has 2 aliphatic rings. The van der Waals surface area contributed by atoms with Gasteiger partial charge >= 0.3 is 6.18 Å². The summed E-state index contributed by atoms with van der Waals surface area (Å²) in [7, 11) is 0. The van der Waals surface area contributed by atoms with Gasteiger partial charge in [0.1, 0.15) is 12.0 Å². The van der Waals surface area contributed by atoms with Crippen LogP contribution in [0.2, 0.25) is 0 Å². The Morgan fingerprint density at radius 1 is 1.27 bits per heavy atom. The van der Waals surface area contributed by atoms with Crippen LogP contribution in [0.5, 0.6) is 0 Å². The number of carbonyl (C=O) groups excluding carboxylic acids is 3. The van der Waals surface area contributed by atoms with Gasteiger partial charge in [-0.1, -0.05) is 0 Å². The van der Waals surface area contributed by atoms with Gasteiger partial charge in [-0.25, -0.2) is 0 Å². The van der Waals surface area contributed by atoms with Crippen LogP contribution in [0.25, 0.3) is 0 Å². The van der Waals surface area contributed by atoms with Crippen molar-refractivity contribution >= 4 is 30.1 Å². The van der Waals surface area contributed by atoms with E-state index in [1.165, 1.54) is 4.90 Å². The second kappa shape index (κ2) is 9.40. The molecule has 0 aliphatic carbocycles. The average Bonchev–Trinajstić information content (AvgIpc) is 2.58. The Bertz CT molecular complexity index is 533. The fourth-order valence-electron chi connectivity index (χ4n) is 3.24. The van der Waals surface area contributed by atoms with Gasteiger partial charge in [-0.3, -0.25) is 14.4 Å². The predicted octanol–water partition coefficient (Wildman–Crippen LogP) is 0.179. The molecule has 0 aromatic rings. The summed E-state index contributed by atoms with van der Waals surface area (Å²) in [5.41, 5.74) is 5.33. The number of carbonyl (C=O) groups is 3. The lowest BCUT2D eigenvalue weighted by molar-refractivity contribution is -0.172. The van der Waals surface area contributed by atoms with E-state index < -0.39 is 30.0 Å². The highest BCUT2D eigenvalue weighted by Crippen LogP contribution is 2.30. The van der Waals surface area contributed by atoms with Crippen molar-refractivity contribution in [3.05, 3.63) is 0 Å². The molecule has 0 aromatic carbocycles. The van der Waals surface area contributed by atoms with Crippen molar-refractivity contribution in [2.75, 3.05) is 26.2 Å². The zero-order chi connectivity index (χ0) is 18.6. The lowest BCUT2D eigenvalue weighted by atomic mass is 9.90. The second-order valence-electron chi connectivity index (χ2n) is 6.44. The number of amides is 3. The highest BCUT2D eigenvalue weighted by Gasteiger charge is 2.47. The summed E-state index contributed by atoms with van der Waals surface area (Å²) < 4.78 is 38.0. The van der Waals surface area contributed by atoms with Crippen LogP contribution in [0.4, 0.5) is 13.2 Å². The lowest BCUT2D eigenvalue weighted by Crippen LogP contribution is -2.56. The highest BCUT2D eigenvalue weighted by atomic mass is 35.5. The Kier molecular flexibility index (Phi) is 8.14. The monoisotopic (exact) mass is 400 g/mol. The summed E-state index contributed by atoms with van der Waals surface area (Å²) in [5, 5.41) is 4.55. The fourth-order valence-corrected chi connectivity index (χ4v) is 3.24. The maximum atomic E-state index is 12.7. The molecule has 0 saturated carbocycles. The van der Waals surface area contributed by atoms with Gasteiger partial charge in [0.15, 0.2) is 0 Å². The van der Waals surface area contributed by atoms with Crippen LogP contribution in [0.3, 0.4) is 0 Å². The van der Waals surface area contributed by atoms with Crippen molar-refractivity contribution < 1.29 is 27.6 Å². The van der Waals surface area contributed by atoms with Crippen molar-refractivity contribution in [2.45, 2.75) is 37.9 Å². The number of likely N-dealkylation sites (tertiary alicyclic amines) is 1. The summed E-state index contributed by atoms with van der Waals surface area (Å²) >= 11 is 0. The summed E-state index contributed by atoms with van der Waals surface area (Å²) in [4.78, 5) is 37.9. The Labute approximate surface area is 155 Å². The molecule has 0 bridgehead atoms. The first-order valence-electron chi connectivity index (χ1n) is 8.37. The van der Waals surface area contributed by atoms with Gasteiger partial charge in [0.05, 0.1) is 5.92 Å². The van der Waals surface area contributed by atoms with E-state index in [0.717, 1.165) is 0 Å². The van der Waals surface area contributed by atoms with Gasteiger partial charge in [0.25, 0.3) is 0 Å². The molecule has 0 aromatic heterocycles. The molecule has 2 rings (SSSR count). The quantitative estimate of drug-likeness (QED) is 0.585. The predicted molar refractivity (Wildman–Crippen MR) is 89.3 cm³/mol. The topological polar surface area (TPSA) is 105 Å². The number of nitrogens with zero attached hydrogens (tertiary/aromatic N) is 1. The fraction of sp³-hybridized carbons (Fsp3) is 0.800. The van der Waals surface area contributed by atoms with Gasteiger partial charge in [-0.15, -0.1) is 12.4 Å². The number of hydrogen-bond acceptors (Lipinski definition) is 4. The van der Waals surface area contributed by atoms with Crippen molar-refractivity contribution in [2.24, 2.45) is 17.6 Å². The molecule has 3 amide bonds. The standard InChI is InChI=1S/C15H23F3N4O3.ClH/c16-15(17,18)11-4-3-10(13(24)21-11)14(25)22-7-1-2-9(8-22)12(23)20-6-5-19;/h9-11H,1-8,19H2,(H,20,23)(H,21,24);1H. The van der Waals surface area contributed by atoms with Crippen LogP contribution >= 0.6 is 12.4 Å². The molecule has 7 nitrogen and oxygen atoms in total. The third-order valence-corrected chi connectivity index (χ3v) is 4.62. The van der Waals surface area contributed by atoms with Crippen molar-refractivity contribution in [1.82, 2.24) is 15.5 Å². The molecule has 2 fully saturated rings. The van der Waals surface area contributed by atoms with Crippen molar-refractivity contribution in [3.63, 3.8) is 0 Å². The molecule has 3 atom stereocenters. The molecule has 3 unspecified atom stereocenters. The van der Waals surface area contributed by atoms with E-state index in [1.54, 1.807) is 0 Å². The zero-order valence-corrected chi connectivity index (χ0v) is 15.0. The summed E-state index contributed by atoms with van der Waals surface area (Å²) in [6.45, 7) is 1.21. The molecule has 0 radical (unpaired) electrons. The molecular formula is C15H24ClF3N4O3. The van der Waals surface area contributed by atoms with E-state index in [9.17, 15) is 27.6 Å². The normalized spacial score (nSPS) is 26.5.